The Morgan fingerprint density at radius 3 is 1.65 bits per heavy atom. The first-order chi connectivity index (χ1) is 25.0. The molecule has 0 radical (unpaired) electrons. The number of hydrogen-bond donors (Lipinski definition) is 5. The summed E-state index contributed by atoms with van der Waals surface area (Å²) in [5.74, 6) is -1.51. The molecule has 0 fully saturated rings. The molecule has 0 bridgehead atoms. The van der Waals surface area contributed by atoms with Gasteiger partial charge in [-0.15, -0.1) is 35.1 Å². The van der Waals surface area contributed by atoms with Gasteiger partial charge in [0, 0.05) is 88.2 Å². The number of amides is 1. The predicted octanol–water partition coefficient (Wildman–Crippen LogP) is 6.38. The van der Waals surface area contributed by atoms with Crippen LogP contribution < -0.4 is 10.6 Å². The normalized spacial score (nSPS) is 12.3. The number of hydrogen-bond acceptors (Lipinski definition) is 12. The summed E-state index contributed by atoms with van der Waals surface area (Å²) in [5, 5.41) is 14.2. The Kier molecular flexibility index (Phi) is 13.5. The molecule has 0 aliphatic heterocycles. The molecule has 0 aliphatic rings. The maximum atomic E-state index is 14.4. The van der Waals surface area contributed by atoms with Gasteiger partial charge in [0.15, 0.2) is 0 Å². The lowest BCUT2D eigenvalue weighted by molar-refractivity contribution is 0.174. The van der Waals surface area contributed by atoms with Gasteiger partial charge in [-0.1, -0.05) is 20.8 Å². The van der Waals surface area contributed by atoms with Crippen molar-refractivity contribution in [2.24, 2.45) is 5.41 Å². The van der Waals surface area contributed by atoms with Crippen LogP contribution in [0.15, 0.2) is 92.3 Å². The molecule has 6 aromatic heterocycles. The van der Waals surface area contributed by atoms with Crippen LogP contribution in [-0.2, 0) is 32.6 Å². The average molecular weight is 841 g/mol. The van der Waals surface area contributed by atoms with E-state index in [4.69, 9.17) is 0 Å². The molecular formula is C33H35ClF2N8O6S4. The van der Waals surface area contributed by atoms with E-state index in [0.29, 0.717) is 17.0 Å². The van der Waals surface area contributed by atoms with Crippen molar-refractivity contribution >= 4 is 60.8 Å². The SMILES string of the molecule is CC(C)(C)C(Cc1cc(-c2cccnc2F)c(S(=O)(=O)c2ncc[nH]2)s1)NC(=O)O.CNCc1cc(-c2cccnc2F)c(S(=O)(=O)c2ncc[nH]2)s1.Cl. The number of carboxylic acid groups (broad SMARTS) is 1. The quantitative estimate of drug-likeness (QED) is 0.0904. The molecule has 14 nitrogen and oxygen atoms in total. The molecule has 1 atom stereocenters. The maximum Gasteiger partial charge on any atom is 0.404 e. The number of sulfone groups is 2. The molecule has 54 heavy (non-hydrogen) atoms. The van der Waals surface area contributed by atoms with Gasteiger partial charge in [0.2, 0.25) is 41.9 Å². The molecule has 0 aromatic carbocycles. The van der Waals surface area contributed by atoms with E-state index in [1.807, 2.05) is 20.8 Å². The minimum absolute atomic E-state index is 0. The summed E-state index contributed by atoms with van der Waals surface area (Å²) in [6.45, 7) is 6.11. The lowest BCUT2D eigenvalue weighted by atomic mass is 9.84. The van der Waals surface area contributed by atoms with E-state index in [1.165, 1.54) is 55.4 Å². The van der Waals surface area contributed by atoms with Crippen molar-refractivity contribution in [3.63, 3.8) is 0 Å². The molecular weight excluding hydrogens is 806 g/mol. The van der Waals surface area contributed by atoms with Gasteiger partial charge in [0.1, 0.15) is 8.42 Å². The zero-order chi connectivity index (χ0) is 38.6. The topological polar surface area (TPSA) is 213 Å². The minimum atomic E-state index is -4.04. The first-order valence-corrected chi connectivity index (χ1v) is 20.2. The molecule has 1 amide bonds. The Morgan fingerprint density at radius 2 is 1.26 bits per heavy atom. The van der Waals surface area contributed by atoms with Crippen molar-refractivity contribution in [2.75, 3.05) is 7.05 Å². The molecule has 1 unspecified atom stereocenters. The van der Waals surface area contributed by atoms with E-state index in [-0.39, 0.29) is 54.2 Å². The summed E-state index contributed by atoms with van der Waals surface area (Å²) in [6.07, 6.45) is 7.16. The van der Waals surface area contributed by atoms with Crippen molar-refractivity contribution in [1.29, 1.82) is 0 Å². The van der Waals surface area contributed by atoms with Crippen LogP contribution >= 0.6 is 35.1 Å². The Balaban J connectivity index is 0.000000244. The smallest absolute Gasteiger partial charge is 0.404 e. The van der Waals surface area contributed by atoms with E-state index in [1.54, 1.807) is 25.2 Å². The van der Waals surface area contributed by atoms with Crippen LogP contribution in [-0.4, -0.2) is 71.0 Å². The highest BCUT2D eigenvalue weighted by atomic mass is 35.5. The number of H-pyrrole nitrogens is 2. The number of nitrogens with one attached hydrogen (secondary N) is 4. The van der Waals surface area contributed by atoms with Crippen molar-refractivity contribution < 1.29 is 35.5 Å². The summed E-state index contributed by atoms with van der Waals surface area (Å²) in [7, 11) is -6.15. The largest absolute Gasteiger partial charge is 0.465 e. The Morgan fingerprint density at radius 1 is 0.796 bits per heavy atom. The van der Waals surface area contributed by atoms with Crippen LogP contribution in [0.1, 0.15) is 30.5 Å². The number of carbonyl (C=O) groups is 1. The number of pyridine rings is 2. The molecule has 0 saturated heterocycles. The Bertz CT molecular complexity index is 2420. The maximum absolute atomic E-state index is 14.4. The lowest BCUT2D eigenvalue weighted by Crippen LogP contribution is -2.44. The van der Waals surface area contributed by atoms with Crippen LogP contribution in [0.3, 0.4) is 0 Å². The highest BCUT2D eigenvalue weighted by Gasteiger charge is 2.32. The average Bonchev–Trinajstić information content (AvgIpc) is 3.93. The van der Waals surface area contributed by atoms with Crippen molar-refractivity contribution in [3.8, 4) is 22.3 Å². The van der Waals surface area contributed by atoms with Gasteiger partial charge in [0.25, 0.3) is 0 Å². The summed E-state index contributed by atoms with van der Waals surface area (Å²) in [6, 6.07) is 8.79. The molecule has 0 aliphatic carbocycles. The van der Waals surface area contributed by atoms with Gasteiger partial charge in [-0.3, -0.25) is 0 Å². The van der Waals surface area contributed by atoms with Crippen LogP contribution in [0.4, 0.5) is 13.6 Å². The standard InChI is InChI=1S/C19H21FN4O4S2.C14H13FN4O2S2.ClH/c1-19(2,3)14(24-18(25)26)10-11-9-13(12-5-4-6-21-15(12)20)16(29-11)30(27,28)17-22-7-8-23-17;1-16-8-9-7-11(10-3-2-4-17-12(10)15)13(22-9)23(20,21)14-18-5-6-19-14;/h4-9,14,24H,10H2,1-3H3,(H,22,23)(H,25,26);2-7,16H,8H2,1H3,(H,18,19);1H. The highest BCUT2D eigenvalue weighted by molar-refractivity contribution is 7.93. The molecule has 288 valence electrons. The first kappa shape index (κ1) is 42.1. The van der Waals surface area contributed by atoms with Gasteiger partial charge < -0.3 is 25.7 Å². The Labute approximate surface area is 323 Å². The van der Waals surface area contributed by atoms with Crippen molar-refractivity contribution in [2.45, 2.75) is 58.5 Å². The summed E-state index contributed by atoms with van der Waals surface area (Å²) in [5.41, 5.74) is 0.226. The zero-order valence-corrected chi connectivity index (χ0v) is 33.1. The van der Waals surface area contributed by atoms with Crippen molar-refractivity contribution in [3.05, 3.63) is 95.2 Å². The van der Waals surface area contributed by atoms with Crippen molar-refractivity contribution in [1.82, 2.24) is 40.5 Å². The Hall–Kier alpha value is -4.60. The van der Waals surface area contributed by atoms with Crippen LogP contribution in [0.5, 0.6) is 0 Å². The molecule has 6 aromatic rings. The third-order valence-corrected chi connectivity index (χ3v) is 14.2. The second-order valence-electron chi connectivity index (χ2n) is 12.4. The first-order valence-electron chi connectivity index (χ1n) is 15.6. The van der Waals surface area contributed by atoms with Gasteiger partial charge >= 0.3 is 6.09 Å². The molecule has 6 heterocycles. The number of aromatic nitrogens is 6. The molecule has 0 spiro atoms. The molecule has 6 rings (SSSR count). The molecule has 21 heteroatoms. The van der Waals surface area contributed by atoms with Crippen LogP contribution in [0, 0.1) is 17.3 Å². The number of aromatic amines is 2. The fraction of sp³-hybridized carbons (Fsp3) is 0.242. The fourth-order valence-corrected chi connectivity index (χ4v) is 11.0. The van der Waals surface area contributed by atoms with Gasteiger partial charge in [0.05, 0.1) is 0 Å². The molecule has 0 saturated carbocycles. The summed E-state index contributed by atoms with van der Waals surface area (Å²) < 4.78 is 80.2. The highest BCUT2D eigenvalue weighted by Crippen LogP contribution is 2.40. The number of rotatable bonds is 11. The fourth-order valence-electron chi connectivity index (χ4n) is 5.05. The second-order valence-corrected chi connectivity index (χ2v) is 18.8. The van der Waals surface area contributed by atoms with E-state index >= 15 is 0 Å². The monoisotopic (exact) mass is 840 g/mol. The lowest BCUT2D eigenvalue weighted by Gasteiger charge is -2.30. The predicted molar refractivity (Wildman–Crippen MR) is 201 cm³/mol. The van der Waals surface area contributed by atoms with E-state index in [9.17, 15) is 35.5 Å². The van der Waals surface area contributed by atoms with Crippen LogP contribution in [0.25, 0.3) is 22.3 Å². The molecule has 5 N–H and O–H groups in total. The van der Waals surface area contributed by atoms with E-state index < -0.39 is 49.1 Å². The number of thiophene rings is 2. The zero-order valence-electron chi connectivity index (χ0n) is 29.0. The van der Waals surface area contributed by atoms with E-state index in [2.05, 4.69) is 40.5 Å². The van der Waals surface area contributed by atoms with Gasteiger partial charge in [-0.25, -0.2) is 41.6 Å². The van der Waals surface area contributed by atoms with Gasteiger partial charge in [-0.2, -0.15) is 8.78 Å². The number of nitrogens with zero attached hydrogens (tertiary/aromatic N) is 4. The summed E-state index contributed by atoms with van der Waals surface area (Å²) in [4.78, 5) is 32.6. The van der Waals surface area contributed by atoms with Gasteiger partial charge in [-0.05, 0) is 48.9 Å². The van der Waals surface area contributed by atoms with E-state index in [0.717, 1.165) is 27.6 Å². The third kappa shape index (κ3) is 9.36. The number of imidazole rings is 2. The third-order valence-electron chi connectivity index (χ3n) is 7.64. The van der Waals surface area contributed by atoms with Crippen LogP contribution in [0.2, 0.25) is 0 Å². The summed E-state index contributed by atoms with van der Waals surface area (Å²) >= 11 is 2.05. The number of halogens is 3. The second kappa shape index (κ2) is 17.2. The minimum Gasteiger partial charge on any atom is -0.465 e.